The molecule has 0 saturated carbocycles. The summed E-state index contributed by atoms with van der Waals surface area (Å²) < 4.78 is 5.08. The zero-order valence-corrected chi connectivity index (χ0v) is 14.1. The summed E-state index contributed by atoms with van der Waals surface area (Å²) in [6.45, 7) is 0. The first-order valence-electron chi connectivity index (χ1n) is 7.66. The number of aryl methyl sites for hydroxylation is 1. The van der Waals surface area contributed by atoms with Crippen molar-refractivity contribution < 1.29 is 14.6 Å². The van der Waals surface area contributed by atoms with Gasteiger partial charge < -0.3 is 14.6 Å². The summed E-state index contributed by atoms with van der Waals surface area (Å²) >= 11 is 3.43. The van der Waals surface area contributed by atoms with Crippen molar-refractivity contribution in [3.63, 3.8) is 0 Å². The van der Waals surface area contributed by atoms with Crippen LogP contribution in [0.25, 0.3) is 11.0 Å². The van der Waals surface area contributed by atoms with Gasteiger partial charge in [-0.05, 0) is 30.9 Å². The minimum atomic E-state index is -0.426. The van der Waals surface area contributed by atoms with E-state index in [1.807, 2.05) is 0 Å². The highest BCUT2D eigenvalue weighted by Crippen LogP contribution is 2.31. The number of hydrogen-bond donors (Lipinski definition) is 2. The molecule has 120 valence electrons. The van der Waals surface area contributed by atoms with E-state index in [0.29, 0.717) is 11.0 Å². The third kappa shape index (κ3) is 4.50. The van der Waals surface area contributed by atoms with Gasteiger partial charge in [-0.25, -0.2) is 4.79 Å². The third-order valence-electron chi connectivity index (χ3n) is 3.76. The fourth-order valence-electron chi connectivity index (χ4n) is 2.57. The van der Waals surface area contributed by atoms with E-state index in [9.17, 15) is 15.0 Å². The van der Waals surface area contributed by atoms with Crippen molar-refractivity contribution >= 4 is 26.9 Å². The summed E-state index contributed by atoms with van der Waals surface area (Å²) in [6, 6.07) is 4.22. The summed E-state index contributed by atoms with van der Waals surface area (Å²) in [5.41, 5.74) is 0.752. The average molecular weight is 369 g/mol. The molecule has 1 aromatic carbocycles. The Morgan fingerprint density at radius 1 is 0.909 bits per heavy atom. The number of unbranched alkanes of at least 4 members (excludes halogenated alkanes) is 5. The second-order valence-electron chi connectivity index (χ2n) is 5.49. The zero-order chi connectivity index (χ0) is 15.9. The standard InChI is InChI=1S/C17H21BrO4/c18-8-6-4-2-1-3-5-7-12-9-17(21)22-16-11-15(20)14(19)10-13(12)16/h9-11,19-20H,1-8H2. The third-order valence-corrected chi connectivity index (χ3v) is 4.32. The lowest BCUT2D eigenvalue weighted by Crippen LogP contribution is -2.01. The topological polar surface area (TPSA) is 70.7 Å². The molecule has 2 N–H and O–H groups in total. The van der Waals surface area contributed by atoms with Crippen molar-refractivity contribution in [2.24, 2.45) is 0 Å². The summed E-state index contributed by atoms with van der Waals surface area (Å²) in [5, 5.41) is 20.9. The smallest absolute Gasteiger partial charge is 0.336 e. The van der Waals surface area contributed by atoms with Crippen molar-refractivity contribution in [3.05, 3.63) is 34.2 Å². The predicted octanol–water partition coefficient (Wildman–Crippen LogP) is 4.48. The number of rotatable bonds is 8. The van der Waals surface area contributed by atoms with Crippen LogP contribution < -0.4 is 5.63 Å². The molecule has 1 aromatic heterocycles. The van der Waals surface area contributed by atoms with Gasteiger partial charge in [0.15, 0.2) is 11.5 Å². The molecular weight excluding hydrogens is 348 g/mol. The minimum absolute atomic E-state index is 0.197. The molecule has 0 aliphatic rings. The Bertz CT molecular complexity index is 678. The lowest BCUT2D eigenvalue weighted by atomic mass is 10.0. The SMILES string of the molecule is O=c1cc(CCCCCCCCBr)c2cc(O)c(O)cc2o1. The molecule has 0 unspecified atom stereocenters. The summed E-state index contributed by atoms with van der Waals surface area (Å²) in [7, 11) is 0. The van der Waals surface area contributed by atoms with Crippen LogP contribution in [0.2, 0.25) is 0 Å². The molecular formula is C17H21BrO4. The molecule has 0 aliphatic heterocycles. The first kappa shape index (κ1) is 16.9. The Hall–Kier alpha value is -1.49. The van der Waals surface area contributed by atoms with E-state index in [4.69, 9.17) is 4.42 Å². The number of benzene rings is 1. The Kier molecular flexibility index (Phi) is 6.31. The van der Waals surface area contributed by atoms with Crippen molar-refractivity contribution in [2.75, 3.05) is 5.33 Å². The maximum Gasteiger partial charge on any atom is 0.336 e. The van der Waals surface area contributed by atoms with Gasteiger partial charge in [0, 0.05) is 22.8 Å². The molecule has 0 spiro atoms. The van der Waals surface area contributed by atoms with Crippen LogP contribution in [0.4, 0.5) is 0 Å². The van der Waals surface area contributed by atoms with Crippen LogP contribution >= 0.6 is 15.9 Å². The van der Waals surface area contributed by atoms with E-state index < -0.39 is 5.63 Å². The Labute approximate surface area is 137 Å². The summed E-state index contributed by atoms with van der Waals surface area (Å²) in [5.74, 6) is -0.475. The van der Waals surface area contributed by atoms with Crippen LogP contribution in [0, 0.1) is 0 Å². The molecule has 2 rings (SSSR count). The Balaban J connectivity index is 2.01. The first-order chi connectivity index (χ1) is 10.6. The average Bonchev–Trinajstić information content (AvgIpc) is 2.48. The highest BCUT2D eigenvalue weighted by atomic mass is 79.9. The molecule has 0 saturated heterocycles. The van der Waals surface area contributed by atoms with Crippen molar-refractivity contribution in [1.29, 1.82) is 0 Å². The van der Waals surface area contributed by atoms with Gasteiger partial charge in [0.1, 0.15) is 5.58 Å². The number of fused-ring (bicyclic) bond motifs is 1. The molecule has 0 fully saturated rings. The monoisotopic (exact) mass is 368 g/mol. The fourth-order valence-corrected chi connectivity index (χ4v) is 2.97. The van der Waals surface area contributed by atoms with Gasteiger partial charge >= 0.3 is 5.63 Å². The van der Waals surface area contributed by atoms with Crippen LogP contribution in [0.15, 0.2) is 27.4 Å². The maximum absolute atomic E-state index is 11.6. The van der Waals surface area contributed by atoms with Crippen LogP contribution in [-0.2, 0) is 6.42 Å². The van der Waals surface area contributed by atoms with E-state index in [1.54, 1.807) is 0 Å². The van der Waals surface area contributed by atoms with Gasteiger partial charge in [-0.15, -0.1) is 0 Å². The Morgan fingerprint density at radius 3 is 2.27 bits per heavy atom. The lowest BCUT2D eigenvalue weighted by Gasteiger charge is -2.07. The van der Waals surface area contributed by atoms with E-state index in [-0.39, 0.29) is 11.5 Å². The quantitative estimate of drug-likeness (QED) is 0.311. The van der Waals surface area contributed by atoms with E-state index in [2.05, 4.69) is 15.9 Å². The fraction of sp³-hybridized carbons (Fsp3) is 0.471. The normalized spacial score (nSPS) is 11.1. The molecule has 0 amide bonds. The summed E-state index contributed by atoms with van der Waals surface area (Å²) in [4.78, 5) is 11.6. The lowest BCUT2D eigenvalue weighted by molar-refractivity contribution is 0.403. The van der Waals surface area contributed by atoms with Crippen molar-refractivity contribution in [2.45, 2.75) is 44.9 Å². The van der Waals surface area contributed by atoms with E-state index in [0.717, 1.165) is 30.2 Å². The van der Waals surface area contributed by atoms with Crippen LogP contribution in [0.5, 0.6) is 11.5 Å². The van der Waals surface area contributed by atoms with E-state index >= 15 is 0 Å². The van der Waals surface area contributed by atoms with Gasteiger partial charge in [-0.3, -0.25) is 0 Å². The molecule has 4 nitrogen and oxygen atoms in total. The predicted molar refractivity (Wildman–Crippen MR) is 91.0 cm³/mol. The highest BCUT2D eigenvalue weighted by Gasteiger charge is 2.10. The molecule has 0 radical (unpaired) electrons. The maximum atomic E-state index is 11.6. The number of aromatic hydroxyl groups is 2. The van der Waals surface area contributed by atoms with E-state index in [1.165, 1.54) is 43.9 Å². The number of hydrogen-bond acceptors (Lipinski definition) is 4. The zero-order valence-electron chi connectivity index (χ0n) is 12.5. The van der Waals surface area contributed by atoms with Crippen molar-refractivity contribution in [1.82, 2.24) is 0 Å². The molecule has 0 aliphatic carbocycles. The van der Waals surface area contributed by atoms with Crippen LogP contribution in [0.3, 0.4) is 0 Å². The number of phenolic OH excluding ortho intramolecular Hbond substituents is 2. The number of phenols is 2. The molecule has 0 bridgehead atoms. The van der Waals surface area contributed by atoms with Gasteiger partial charge in [-0.1, -0.05) is 41.6 Å². The van der Waals surface area contributed by atoms with Crippen LogP contribution in [0.1, 0.15) is 44.1 Å². The Morgan fingerprint density at radius 2 is 1.55 bits per heavy atom. The molecule has 5 heteroatoms. The minimum Gasteiger partial charge on any atom is -0.504 e. The molecule has 22 heavy (non-hydrogen) atoms. The highest BCUT2D eigenvalue weighted by molar-refractivity contribution is 9.09. The molecule has 0 atom stereocenters. The van der Waals surface area contributed by atoms with Gasteiger partial charge in [0.2, 0.25) is 0 Å². The van der Waals surface area contributed by atoms with Crippen molar-refractivity contribution in [3.8, 4) is 11.5 Å². The largest absolute Gasteiger partial charge is 0.504 e. The first-order valence-corrected chi connectivity index (χ1v) is 8.78. The second-order valence-corrected chi connectivity index (χ2v) is 6.28. The van der Waals surface area contributed by atoms with Gasteiger partial charge in [-0.2, -0.15) is 0 Å². The molecule has 1 heterocycles. The molecule has 2 aromatic rings. The number of halogens is 1. The van der Waals surface area contributed by atoms with Gasteiger partial charge in [0.25, 0.3) is 0 Å². The van der Waals surface area contributed by atoms with Gasteiger partial charge in [0.05, 0.1) is 0 Å². The second kappa shape index (κ2) is 8.22. The number of alkyl halides is 1. The summed E-state index contributed by atoms with van der Waals surface area (Å²) in [6.07, 6.45) is 7.77. The van der Waals surface area contributed by atoms with Crippen LogP contribution in [-0.4, -0.2) is 15.5 Å².